The number of hydrogen-bond acceptors (Lipinski definition) is 5. The molecular formula is C11H14ClNO5S. The summed E-state index contributed by atoms with van der Waals surface area (Å²) in [4.78, 5) is 0. The van der Waals surface area contributed by atoms with Crippen molar-refractivity contribution in [2.24, 2.45) is 5.14 Å². The molecule has 0 spiro atoms. The molecule has 0 saturated carbocycles. The van der Waals surface area contributed by atoms with Crippen molar-refractivity contribution in [1.82, 2.24) is 0 Å². The number of nitrogens with two attached hydrogens (primary N) is 1. The summed E-state index contributed by atoms with van der Waals surface area (Å²) in [5, 5.41) is 5.30. The number of benzene rings is 1. The predicted molar refractivity (Wildman–Crippen MR) is 69.0 cm³/mol. The van der Waals surface area contributed by atoms with E-state index in [1.165, 1.54) is 0 Å². The van der Waals surface area contributed by atoms with Crippen LogP contribution >= 0.6 is 11.6 Å². The highest BCUT2D eigenvalue weighted by molar-refractivity contribution is 7.84. The molecule has 2 rings (SSSR count). The normalized spacial score (nSPS) is 21.6. The van der Waals surface area contributed by atoms with E-state index in [4.69, 9.17) is 26.2 Å². The van der Waals surface area contributed by atoms with E-state index in [0.29, 0.717) is 16.3 Å². The van der Waals surface area contributed by atoms with Gasteiger partial charge in [-0.25, -0.2) is 5.14 Å². The zero-order valence-electron chi connectivity index (χ0n) is 10.4. The Labute approximate surface area is 116 Å². The lowest BCUT2D eigenvalue weighted by Crippen LogP contribution is -2.39. The molecule has 1 heterocycles. The Hall–Kier alpha value is -0.860. The van der Waals surface area contributed by atoms with Crippen molar-refractivity contribution in [3.8, 4) is 5.75 Å². The van der Waals surface area contributed by atoms with Gasteiger partial charge in [-0.05, 0) is 18.2 Å². The predicted octanol–water partition coefficient (Wildman–Crippen LogP) is 1.75. The van der Waals surface area contributed by atoms with Crippen LogP contribution in [0.4, 0.5) is 0 Å². The third kappa shape index (κ3) is 3.80. The summed E-state index contributed by atoms with van der Waals surface area (Å²) < 4.78 is 37.5. The van der Waals surface area contributed by atoms with E-state index in [9.17, 15) is 8.42 Å². The molecule has 1 aromatic rings. The van der Waals surface area contributed by atoms with Gasteiger partial charge in [0.2, 0.25) is 5.79 Å². The van der Waals surface area contributed by atoms with Crippen molar-refractivity contribution in [1.29, 1.82) is 0 Å². The largest absolute Gasteiger partial charge is 0.463 e. The van der Waals surface area contributed by atoms with Gasteiger partial charge in [-0.2, -0.15) is 8.42 Å². The van der Waals surface area contributed by atoms with Gasteiger partial charge in [-0.15, -0.1) is 0 Å². The lowest BCUT2D eigenvalue weighted by molar-refractivity contribution is -0.212. The summed E-state index contributed by atoms with van der Waals surface area (Å²) in [5.41, 5.74) is 0.621. The van der Waals surface area contributed by atoms with Crippen LogP contribution in [0.1, 0.15) is 25.5 Å². The second-order valence-corrected chi connectivity index (χ2v) is 6.23. The minimum Gasteiger partial charge on any atom is -0.463 e. The first-order valence-corrected chi connectivity index (χ1v) is 7.35. The molecule has 0 radical (unpaired) electrons. The molecule has 1 aliphatic heterocycles. The van der Waals surface area contributed by atoms with E-state index in [-0.39, 0.29) is 6.61 Å². The molecule has 0 aromatic heterocycles. The van der Waals surface area contributed by atoms with Gasteiger partial charge in [0.1, 0.15) is 11.9 Å². The van der Waals surface area contributed by atoms with E-state index in [1.807, 2.05) is 0 Å². The molecule has 1 aromatic carbocycles. The summed E-state index contributed by atoms with van der Waals surface area (Å²) >= 11 is 5.91. The Morgan fingerprint density at radius 1 is 1.47 bits per heavy atom. The molecule has 6 nitrogen and oxygen atoms in total. The van der Waals surface area contributed by atoms with E-state index in [2.05, 4.69) is 4.18 Å². The maximum absolute atomic E-state index is 10.9. The van der Waals surface area contributed by atoms with Crippen LogP contribution in [0.5, 0.6) is 5.75 Å². The van der Waals surface area contributed by atoms with Crippen LogP contribution in [-0.4, -0.2) is 20.8 Å². The van der Waals surface area contributed by atoms with Crippen molar-refractivity contribution < 1.29 is 22.1 Å². The van der Waals surface area contributed by atoms with E-state index in [0.717, 1.165) is 0 Å². The molecule has 106 valence electrons. The third-order valence-electron chi connectivity index (χ3n) is 2.48. The van der Waals surface area contributed by atoms with E-state index < -0.39 is 22.2 Å². The van der Waals surface area contributed by atoms with Gasteiger partial charge in [-0.1, -0.05) is 11.6 Å². The van der Waals surface area contributed by atoms with Crippen LogP contribution in [0.15, 0.2) is 18.2 Å². The second kappa shape index (κ2) is 4.92. The molecule has 2 N–H and O–H groups in total. The summed E-state index contributed by atoms with van der Waals surface area (Å²) in [5.74, 6) is -0.323. The van der Waals surface area contributed by atoms with Crippen molar-refractivity contribution in [2.75, 3.05) is 6.61 Å². The van der Waals surface area contributed by atoms with E-state index in [1.54, 1.807) is 32.0 Å². The topological polar surface area (TPSA) is 87.9 Å². The van der Waals surface area contributed by atoms with Crippen LogP contribution in [0.2, 0.25) is 5.02 Å². The molecule has 1 aliphatic rings. The summed E-state index contributed by atoms with van der Waals surface area (Å²) in [7, 11) is -4.03. The van der Waals surface area contributed by atoms with Crippen LogP contribution in [0, 0.1) is 0 Å². The number of halogens is 1. The second-order valence-electron chi connectivity index (χ2n) is 4.57. The van der Waals surface area contributed by atoms with Crippen molar-refractivity contribution in [3.05, 3.63) is 28.8 Å². The minimum atomic E-state index is -4.03. The monoisotopic (exact) mass is 307 g/mol. The van der Waals surface area contributed by atoms with Gasteiger partial charge >= 0.3 is 10.3 Å². The summed E-state index contributed by atoms with van der Waals surface area (Å²) in [6.45, 7) is 3.20. The summed E-state index contributed by atoms with van der Waals surface area (Å²) in [6.07, 6.45) is -0.629. The zero-order chi connectivity index (χ0) is 14.3. The molecule has 0 saturated heterocycles. The van der Waals surface area contributed by atoms with E-state index >= 15 is 0 Å². The Morgan fingerprint density at radius 2 is 2.16 bits per heavy atom. The quantitative estimate of drug-likeness (QED) is 0.919. The molecule has 0 amide bonds. The number of ether oxygens (including phenoxy) is 2. The lowest BCUT2D eigenvalue weighted by atomic mass is 10.1. The zero-order valence-corrected chi connectivity index (χ0v) is 12.0. The molecule has 19 heavy (non-hydrogen) atoms. The first kappa shape index (κ1) is 14.5. The highest BCUT2D eigenvalue weighted by Gasteiger charge is 2.35. The van der Waals surface area contributed by atoms with Crippen molar-refractivity contribution in [3.63, 3.8) is 0 Å². The first-order valence-electron chi connectivity index (χ1n) is 5.50. The standard InChI is InChI=1S/C11H14ClNO5S/c1-11(2)17-9-4-3-7(12)5-8(9)10(18-11)6-16-19(13,14)15/h3-5,10H,6H2,1-2H3,(H2,13,14,15)/t10-/m1/s1. The van der Waals surface area contributed by atoms with Gasteiger partial charge in [0.15, 0.2) is 0 Å². The maximum atomic E-state index is 10.9. The van der Waals surface area contributed by atoms with Crippen LogP contribution in [0.25, 0.3) is 0 Å². The molecular weight excluding hydrogens is 294 g/mol. The first-order chi connectivity index (χ1) is 8.66. The Balaban J connectivity index is 2.30. The lowest BCUT2D eigenvalue weighted by Gasteiger charge is -2.37. The van der Waals surface area contributed by atoms with Gasteiger partial charge in [-0.3, -0.25) is 4.18 Å². The average Bonchev–Trinajstić information content (AvgIpc) is 2.25. The van der Waals surface area contributed by atoms with Crippen LogP contribution in [-0.2, 0) is 19.2 Å². The SMILES string of the molecule is CC1(C)Oc2ccc(Cl)cc2[C@@H](COS(N)(=O)=O)O1. The molecule has 0 bridgehead atoms. The molecule has 1 atom stereocenters. The Morgan fingerprint density at radius 3 is 2.79 bits per heavy atom. The highest BCUT2D eigenvalue weighted by atomic mass is 35.5. The fourth-order valence-corrected chi connectivity index (χ4v) is 2.33. The number of rotatable bonds is 3. The average molecular weight is 308 g/mol. The van der Waals surface area contributed by atoms with Crippen LogP contribution in [0.3, 0.4) is 0 Å². The van der Waals surface area contributed by atoms with Crippen molar-refractivity contribution >= 4 is 21.9 Å². The van der Waals surface area contributed by atoms with Gasteiger partial charge in [0.05, 0.1) is 6.61 Å². The Bertz CT molecular complexity index is 587. The highest BCUT2D eigenvalue weighted by Crippen LogP contribution is 2.40. The van der Waals surface area contributed by atoms with Gasteiger partial charge < -0.3 is 9.47 Å². The molecule has 0 unspecified atom stereocenters. The number of fused-ring (bicyclic) bond motifs is 1. The molecule has 0 fully saturated rings. The Kier molecular flexibility index (Phi) is 3.76. The molecule has 8 heteroatoms. The van der Waals surface area contributed by atoms with Gasteiger partial charge in [0.25, 0.3) is 0 Å². The fourth-order valence-electron chi connectivity index (χ4n) is 1.84. The van der Waals surface area contributed by atoms with Crippen LogP contribution < -0.4 is 9.88 Å². The molecule has 0 aliphatic carbocycles. The smallest absolute Gasteiger partial charge is 0.333 e. The minimum absolute atomic E-state index is 0.237. The van der Waals surface area contributed by atoms with Gasteiger partial charge in [0, 0.05) is 24.4 Å². The number of hydrogen-bond donors (Lipinski definition) is 1. The summed E-state index contributed by atoms with van der Waals surface area (Å²) in [6, 6.07) is 5.02. The fraction of sp³-hybridized carbons (Fsp3) is 0.455. The maximum Gasteiger partial charge on any atom is 0.333 e. The third-order valence-corrected chi connectivity index (χ3v) is 3.18. The van der Waals surface area contributed by atoms with Crippen molar-refractivity contribution in [2.45, 2.75) is 25.7 Å².